The van der Waals surface area contributed by atoms with Gasteiger partial charge in [-0.1, -0.05) is 6.07 Å². The molecule has 0 bridgehead atoms. The van der Waals surface area contributed by atoms with Crippen LogP contribution in [0.5, 0.6) is 5.75 Å². The first kappa shape index (κ1) is 11.0. The van der Waals surface area contributed by atoms with Gasteiger partial charge in [0, 0.05) is 6.92 Å². The normalized spacial score (nSPS) is 9.57. The van der Waals surface area contributed by atoms with Gasteiger partial charge >= 0.3 is 11.9 Å². The van der Waals surface area contributed by atoms with Gasteiger partial charge in [-0.3, -0.25) is 4.79 Å². The maximum atomic E-state index is 10.8. The van der Waals surface area contributed by atoms with Gasteiger partial charge < -0.3 is 9.84 Å². The SMILES string of the molecule is CC(=O)Oc1c(I)cccc1C(=O)O. The second kappa shape index (κ2) is 4.41. The molecule has 0 aliphatic heterocycles. The van der Waals surface area contributed by atoms with E-state index in [1.807, 2.05) is 22.6 Å². The van der Waals surface area contributed by atoms with Crippen LogP contribution in [0, 0.1) is 3.57 Å². The molecule has 4 nitrogen and oxygen atoms in total. The highest BCUT2D eigenvalue weighted by molar-refractivity contribution is 14.1. The number of ether oxygens (including phenoxy) is 1. The molecule has 1 aromatic carbocycles. The van der Waals surface area contributed by atoms with Gasteiger partial charge in [-0.25, -0.2) is 4.79 Å². The molecule has 0 saturated heterocycles. The lowest BCUT2D eigenvalue weighted by atomic mass is 10.2. The molecule has 0 unspecified atom stereocenters. The van der Waals surface area contributed by atoms with Crippen LogP contribution < -0.4 is 4.74 Å². The molecular formula is C9H7IO4. The second-order valence-corrected chi connectivity index (χ2v) is 3.68. The molecule has 0 aromatic heterocycles. The number of para-hydroxylation sites is 1. The third kappa shape index (κ3) is 2.44. The summed E-state index contributed by atoms with van der Waals surface area (Å²) in [6.07, 6.45) is 0. The summed E-state index contributed by atoms with van der Waals surface area (Å²) in [4.78, 5) is 21.5. The van der Waals surface area contributed by atoms with Crippen LogP contribution in [-0.4, -0.2) is 17.0 Å². The van der Waals surface area contributed by atoms with Crippen molar-refractivity contribution in [3.8, 4) is 5.75 Å². The summed E-state index contributed by atoms with van der Waals surface area (Å²) in [5, 5.41) is 8.81. The van der Waals surface area contributed by atoms with Crippen LogP contribution in [0.1, 0.15) is 17.3 Å². The van der Waals surface area contributed by atoms with Gasteiger partial charge in [-0.05, 0) is 34.7 Å². The standard InChI is InChI=1S/C9H7IO4/c1-5(11)14-8-6(9(12)13)3-2-4-7(8)10/h2-4H,1H3,(H,12,13). The molecule has 0 amide bonds. The Kier molecular flexibility index (Phi) is 3.45. The molecule has 1 N–H and O–H groups in total. The number of carboxylic acids is 1. The Bertz CT molecular complexity index is 386. The van der Waals surface area contributed by atoms with Crippen molar-refractivity contribution in [3.05, 3.63) is 27.3 Å². The highest BCUT2D eigenvalue weighted by Crippen LogP contribution is 2.25. The van der Waals surface area contributed by atoms with E-state index in [-0.39, 0.29) is 11.3 Å². The molecule has 0 atom stereocenters. The number of hydrogen-bond acceptors (Lipinski definition) is 3. The van der Waals surface area contributed by atoms with Crippen LogP contribution in [0.3, 0.4) is 0 Å². The molecule has 1 rings (SSSR count). The Morgan fingerprint density at radius 3 is 2.57 bits per heavy atom. The zero-order valence-electron chi connectivity index (χ0n) is 7.28. The Labute approximate surface area is 94.0 Å². The van der Waals surface area contributed by atoms with Crippen molar-refractivity contribution in [2.24, 2.45) is 0 Å². The lowest BCUT2D eigenvalue weighted by Gasteiger charge is -2.06. The summed E-state index contributed by atoms with van der Waals surface area (Å²) in [5.74, 6) is -1.54. The van der Waals surface area contributed by atoms with Crippen LogP contribution in [0.25, 0.3) is 0 Å². The summed E-state index contributed by atoms with van der Waals surface area (Å²) in [6, 6.07) is 4.66. The van der Waals surface area contributed by atoms with Gasteiger partial charge in [0.05, 0.1) is 3.57 Å². The van der Waals surface area contributed by atoms with E-state index in [0.717, 1.165) is 0 Å². The van der Waals surface area contributed by atoms with Crippen molar-refractivity contribution in [2.45, 2.75) is 6.92 Å². The topological polar surface area (TPSA) is 63.6 Å². The fourth-order valence-corrected chi connectivity index (χ4v) is 1.53. The lowest BCUT2D eigenvalue weighted by molar-refractivity contribution is -0.131. The van der Waals surface area contributed by atoms with E-state index in [0.29, 0.717) is 3.57 Å². The minimum absolute atomic E-state index is 0.00731. The van der Waals surface area contributed by atoms with Gasteiger partial charge in [0.15, 0.2) is 5.75 Å². The number of benzene rings is 1. The van der Waals surface area contributed by atoms with Crippen molar-refractivity contribution >= 4 is 34.5 Å². The molecule has 5 heteroatoms. The van der Waals surface area contributed by atoms with Crippen LogP contribution in [0.15, 0.2) is 18.2 Å². The van der Waals surface area contributed by atoms with E-state index in [1.54, 1.807) is 12.1 Å². The van der Waals surface area contributed by atoms with E-state index in [2.05, 4.69) is 0 Å². The molecule has 0 spiro atoms. The monoisotopic (exact) mass is 306 g/mol. The number of rotatable bonds is 2. The minimum Gasteiger partial charge on any atom is -0.478 e. The number of esters is 1. The van der Waals surface area contributed by atoms with Gasteiger partial charge in [-0.2, -0.15) is 0 Å². The highest BCUT2D eigenvalue weighted by Gasteiger charge is 2.15. The molecule has 0 aliphatic carbocycles. The maximum absolute atomic E-state index is 10.8. The predicted octanol–water partition coefficient (Wildman–Crippen LogP) is 1.91. The van der Waals surface area contributed by atoms with Gasteiger partial charge in [0.25, 0.3) is 0 Å². The number of halogens is 1. The van der Waals surface area contributed by atoms with E-state index in [1.165, 1.54) is 13.0 Å². The summed E-state index contributed by atoms with van der Waals surface area (Å²) >= 11 is 1.91. The van der Waals surface area contributed by atoms with Crippen LogP contribution in [0.4, 0.5) is 0 Å². The molecule has 0 aliphatic rings. The zero-order valence-corrected chi connectivity index (χ0v) is 9.44. The molecule has 0 radical (unpaired) electrons. The Balaban J connectivity index is 3.22. The first-order chi connectivity index (χ1) is 6.52. The summed E-state index contributed by atoms with van der Waals surface area (Å²) in [7, 11) is 0. The fraction of sp³-hybridized carbons (Fsp3) is 0.111. The molecule has 74 valence electrons. The number of carboxylic acid groups (broad SMARTS) is 1. The Hall–Kier alpha value is -1.11. The number of hydrogen-bond donors (Lipinski definition) is 1. The summed E-state index contributed by atoms with van der Waals surface area (Å²) < 4.78 is 5.41. The van der Waals surface area contributed by atoms with E-state index < -0.39 is 11.9 Å². The van der Waals surface area contributed by atoms with Crippen molar-refractivity contribution in [2.75, 3.05) is 0 Å². The highest BCUT2D eigenvalue weighted by atomic mass is 127. The Morgan fingerprint density at radius 1 is 1.43 bits per heavy atom. The maximum Gasteiger partial charge on any atom is 0.339 e. The first-order valence-electron chi connectivity index (χ1n) is 3.72. The van der Waals surface area contributed by atoms with E-state index >= 15 is 0 Å². The van der Waals surface area contributed by atoms with Crippen LogP contribution >= 0.6 is 22.6 Å². The Morgan fingerprint density at radius 2 is 2.07 bits per heavy atom. The third-order valence-corrected chi connectivity index (χ3v) is 2.29. The average molecular weight is 306 g/mol. The van der Waals surface area contributed by atoms with Gasteiger partial charge in [0.2, 0.25) is 0 Å². The summed E-state index contributed by atoms with van der Waals surface area (Å²) in [6.45, 7) is 1.23. The molecular weight excluding hydrogens is 299 g/mol. The molecule has 0 fully saturated rings. The molecule has 14 heavy (non-hydrogen) atoms. The largest absolute Gasteiger partial charge is 0.478 e. The van der Waals surface area contributed by atoms with Crippen LogP contribution in [-0.2, 0) is 4.79 Å². The number of aromatic carboxylic acids is 1. The smallest absolute Gasteiger partial charge is 0.339 e. The average Bonchev–Trinajstić information content (AvgIpc) is 2.07. The number of carbonyl (C=O) groups is 2. The van der Waals surface area contributed by atoms with Crippen molar-refractivity contribution in [1.29, 1.82) is 0 Å². The van der Waals surface area contributed by atoms with E-state index in [4.69, 9.17) is 9.84 Å². The minimum atomic E-state index is -1.11. The third-order valence-electron chi connectivity index (χ3n) is 1.44. The quantitative estimate of drug-likeness (QED) is 0.515. The second-order valence-electron chi connectivity index (χ2n) is 2.52. The molecule has 1 aromatic rings. The first-order valence-corrected chi connectivity index (χ1v) is 4.80. The molecule has 0 saturated carbocycles. The predicted molar refractivity (Wildman–Crippen MR) is 57.4 cm³/mol. The van der Waals surface area contributed by atoms with Crippen LogP contribution in [0.2, 0.25) is 0 Å². The molecule has 0 heterocycles. The fourth-order valence-electron chi connectivity index (χ4n) is 0.925. The number of carbonyl (C=O) groups excluding carboxylic acids is 1. The van der Waals surface area contributed by atoms with Crippen molar-refractivity contribution < 1.29 is 19.4 Å². The van der Waals surface area contributed by atoms with Crippen molar-refractivity contribution in [1.82, 2.24) is 0 Å². The van der Waals surface area contributed by atoms with Gasteiger partial charge in [0.1, 0.15) is 5.56 Å². The van der Waals surface area contributed by atoms with E-state index in [9.17, 15) is 9.59 Å². The summed E-state index contributed by atoms with van der Waals surface area (Å²) in [5.41, 5.74) is -0.00731. The van der Waals surface area contributed by atoms with Gasteiger partial charge in [-0.15, -0.1) is 0 Å². The van der Waals surface area contributed by atoms with Crippen molar-refractivity contribution in [3.63, 3.8) is 0 Å². The zero-order chi connectivity index (χ0) is 10.7. The lowest BCUT2D eigenvalue weighted by Crippen LogP contribution is -2.08.